The first-order chi connectivity index (χ1) is 9.54. The molecule has 0 aliphatic heterocycles. The number of ketones is 1. The topological polar surface area (TPSA) is 40.9 Å². The Bertz CT molecular complexity index is 706. The van der Waals surface area contributed by atoms with E-state index in [1.807, 2.05) is 37.3 Å². The van der Waals surface area contributed by atoms with E-state index in [9.17, 15) is 10.1 Å². The van der Waals surface area contributed by atoms with Crippen molar-refractivity contribution in [2.45, 2.75) is 12.8 Å². The molecule has 0 saturated heterocycles. The average Bonchev–Trinajstić information content (AvgIpc) is 2.42. The maximum atomic E-state index is 12.6. The normalized spacial score (nSPS) is 11.7. The molecule has 2 rings (SSSR count). The van der Waals surface area contributed by atoms with Gasteiger partial charge in [-0.05, 0) is 52.8 Å². The summed E-state index contributed by atoms with van der Waals surface area (Å²) in [7, 11) is 0. The fraction of sp³-hybridized carbons (Fsp3) is 0.125. The molecule has 4 heteroatoms. The second kappa shape index (κ2) is 6.51. The number of aryl methyl sites for hydroxylation is 1. The number of hydrogen-bond acceptors (Lipinski definition) is 2. The Labute approximate surface area is 140 Å². The quantitative estimate of drug-likeness (QED) is 0.506. The number of rotatable bonds is 3. The van der Waals surface area contributed by atoms with Crippen LogP contribution in [0.5, 0.6) is 0 Å². The minimum absolute atomic E-state index is 0.154. The highest BCUT2D eigenvalue weighted by molar-refractivity contribution is 14.1. The molecule has 2 nitrogen and oxygen atoms in total. The predicted octanol–water partition coefficient (Wildman–Crippen LogP) is 4.85. The summed E-state index contributed by atoms with van der Waals surface area (Å²) < 4.78 is 1.77. The summed E-state index contributed by atoms with van der Waals surface area (Å²) in [5.41, 5.74) is 2.36. The highest BCUT2D eigenvalue weighted by Crippen LogP contribution is 2.26. The van der Waals surface area contributed by atoms with E-state index in [2.05, 4.69) is 44.6 Å². The van der Waals surface area contributed by atoms with Gasteiger partial charge in [0.1, 0.15) is 5.92 Å². The first-order valence-corrected chi connectivity index (χ1v) is 7.86. The van der Waals surface area contributed by atoms with E-state index in [1.54, 1.807) is 12.1 Å². The average molecular weight is 440 g/mol. The van der Waals surface area contributed by atoms with Crippen molar-refractivity contribution in [1.82, 2.24) is 0 Å². The van der Waals surface area contributed by atoms with Crippen molar-refractivity contribution < 1.29 is 4.79 Å². The zero-order valence-corrected chi connectivity index (χ0v) is 14.5. The molecule has 1 atom stereocenters. The van der Waals surface area contributed by atoms with E-state index >= 15 is 0 Å². The van der Waals surface area contributed by atoms with Gasteiger partial charge in [-0.15, -0.1) is 0 Å². The summed E-state index contributed by atoms with van der Waals surface area (Å²) in [6, 6.07) is 15.0. The van der Waals surface area contributed by atoms with Gasteiger partial charge >= 0.3 is 0 Å². The molecular weight excluding hydrogens is 429 g/mol. The molecule has 2 aromatic rings. The lowest BCUT2D eigenvalue weighted by atomic mass is 9.91. The number of benzene rings is 2. The molecule has 1 unspecified atom stereocenters. The van der Waals surface area contributed by atoms with Crippen LogP contribution in [0.1, 0.15) is 27.4 Å². The van der Waals surface area contributed by atoms with Gasteiger partial charge in [0.05, 0.1) is 6.07 Å². The van der Waals surface area contributed by atoms with Gasteiger partial charge in [-0.2, -0.15) is 5.26 Å². The van der Waals surface area contributed by atoms with Crippen molar-refractivity contribution in [1.29, 1.82) is 5.26 Å². The van der Waals surface area contributed by atoms with Gasteiger partial charge in [-0.1, -0.05) is 46.3 Å². The van der Waals surface area contributed by atoms with E-state index < -0.39 is 5.92 Å². The summed E-state index contributed by atoms with van der Waals surface area (Å²) in [5.74, 6) is -0.929. The van der Waals surface area contributed by atoms with Crippen molar-refractivity contribution in [3.63, 3.8) is 0 Å². The van der Waals surface area contributed by atoms with E-state index in [0.717, 1.165) is 13.6 Å². The van der Waals surface area contributed by atoms with Crippen LogP contribution in [-0.4, -0.2) is 5.78 Å². The second-order valence-corrected chi connectivity index (χ2v) is 6.41. The molecule has 0 aliphatic rings. The Kier molecular flexibility index (Phi) is 4.95. The summed E-state index contributed by atoms with van der Waals surface area (Å²) >= 11 is 5.53. The van der Waals surface area contributed by atoms with Crippen LogP contribution in [0, 0.1) is 21.8 Å². The number of nitrogens with zero attached hydrogens (tertiary/aromatic N) is 1. The second-order valence-electron chi connectivity index (χ2n) is 4.42. The van der Waals surface area contributed by atoms with Crippen LogP contribution in [0.4, 0.5) is 0 Å². The summed E-state index contributed by atoms with van der Waals surface area (Å²) in [5, 5.41) is 9.37. The monoisotopic (exact) mass is 439 g/mol. The van der Waals surface area contributed by atoms with Crippen LogP contribution in [0.15, 0.2) is 46.9 Å². The number of carbonyl (C=O) groups is 1. The van der Waals surface area contributed by atoms with Gasteiger partial charge in [0.2, 0.25) is 0 Å². The molecule has 0 fully saturated rings. The minimum Gasteiger partial charge on any atom is -0.292 e. The Balaban J connectivity index is 2.45. The van der Waals surface area contributed by atoms with Crippen LogP contribution in [0.3, 0.4) is 0 Å². The van der Waals surface area contributed by atoms with Gasteiger partial charge in [0.25, 0.3) is 0 Å². The lowest BCUT2D eigenvalue weighted by Crippen LogP contribution is -2.13. The molecule has 100 valence electrons. The van der Waals surface area contributed by atoms with E-state index in [0.29, 0.717) is 11.1 Å². The van der Waals surface area contributed by atoms with Crippen LogP contribution in [-0.2, 0) is 0 Å². The number of nitriles is 1. The first-order valence-electron chi connectivity index (χ1n) is 5.99. The molecule has 0 spiro atoms. The van der Waals surface area contributed by atoms with E-state index in [1.165, 1.54) is 0 Å². The molecule has 0 radical (unpaired) electrons. The number of carbonyl (C=O) groups excluding carboxylic acids is 1. The van der Waals surface area contributed by atoms with Gasteiger partial charge < -0.3 is 0 Å². The first kappa shape index (κ1) is 15.2. The highest BCUT2D eigenvalue weighted by atomic mass is 127. The molecule has 2 aromatic carbocycles. The summed E-state index contributed by atoms with van der Waals surface area (Å²) in [6.45, 7) is 1.96. The molecule has 0 aliphatic carbocycles. The van der Waals surface area contributed by atoms with Crippen LogP contribution < -0.4 is 0 Å². The van der Waals surface area contributed by atoms with Crippen LogP contribution in [0.25, 0.3) is 0 Å². The fourth-order valence-corrected chi connectivity index (χ4v) is 3.01. The third kappa shape index (κ3) is 3.10. The largest absolute Gasteiger partial charge is 0.292 e. The summed E-state index contributed by atoms with van der Waals surface area (Å²) in [6.07, 6.45) is 0. The fourth-order valence-electron chi connectivity index (χ4n) is 1.96. The highest BCUT2D eigenvalue weighted by Gasteiger charge is 2.24. The molecule has 0 saturated carbocycles. The van der Waals surface area contributed by atoms with Gasteiger partial charge in [-0.25, -0.2) is 0 Å². The zero-order valence-electron chi connectivity index (χ0n) is 10.7. The van der Waals surface area contributed by atoms with E-state index in [-0.39, 0.29) is 5.78 Å². The molecule has 0 bridgehead atoms. The van der Waals surface area contributed by atoms with Gasteiger partial charge in [-0.3, -0.25) is 4.79 Å². The van der Waals surface area contributed by atoms with Crippen molar-refractivity contribution in [3.8, 4) is 6.07 Å². The Morgan fingerprint density at radius 3 is 2.65 bits per heavy atom. The Hall–Kier alpha value is -1.19. The minimum atomic E-state index is -0.775. The molecular formula is C16H11BrINO. The van der Waals surface area contributed by atoms with E-state index in [4.69, 9.17) is 0 Å². The molecule has 0 heterocycles. The Morgan fingerprint density at radius 2 is 2.00 bits per heavy atom. The number of hydrogen-bond donors (Lipinski definition) is 0. The number of Topliss-reactive ketones (excluding diaryl/α,β-unsaturated/α-hetero) is 1. The van der Waals surface area contributed by atoms with Gasteiger partial charge in [0, 0.05) is 13.6 Å². The standard InChI is InChI=1S/C16H11BrINO/c1-10-4-2-7-13(15(10)18)16(20)14(9-19)11-5-3-6-12(17)8-11/h2-8,14H,1H3. The molecule has 20 heavy (non-hydrogen) atoms. The van der Waals surface area contributed by atoms with Crippen molar-refractivity contribution in [3.05, 3.63) is 67.2 Å². The maximum absolute atomic E-state index is 12.6. The van der Waals surface area contributed by atoms with Crippen molar-refractivity contribution >= 4 is 44.3 Å². The van der Waals surface area contributed by atoms with Crippen molar-refractivity contribution in [2.75, 3.05) is 0 Å². The smallest absolute Gasteiger partial charge is 0.185 e. The van der Waals surface area contributed by atoms with Crippen LogP contribution >= 0.6 is 38.5 Å². The van der Waals surface area contributed by atoms with Gasteiger partial charge in [0.15, 0.2) is 5.78 Å². The van der Waals surface area contributed by atoms with Crippen molar-refractivity contribution in [2.24, 2.45) is 0 Å². The van der Waals surface area contributed by atoms with Crippen LogP contribution in [0.2, 0.25) is 0 Å². The molecule has 0 amide bonds. The zero-order chi connectivity index (χ0) is 14.7. The summed E-state index contributed by atoms with van der Waals surface area (Å²) in [4.78, 5) is 12.6. The lowest BCUT2D eigenvalue weighted by molar-refractivity contribution is 0.0978. The molecule has 0 aromatic heterocycles. The Morgan fingerprint density at radius 1 is 1.30 bits per heavy atom. The lowest BCUT2D eigenvalue weighted by Gasteiger charge is -2.11. The third-order valence-corrected chi connectivity index (χ3v) is 4.96. The number of halogens is 2. The third-order valence-electron chi connectivity index (χ3n) is 3.03. The SMILES string of the molecule is Cc1cccc(C(=O)C(C#N)c2cccc(Br)c2)c1I. The maximum Gasteiger partial charge on any atom is 0.185 e. The predicted molar refractivity (Wildman–Crippen MR) is 90.7 cm³/mol. The molecule has 0 N–H and O–H groups in total.